The predicted octanol–water partition coefficient (Wildman–Crippen LogP) is -0.371. The van der Waals surface area contributed by atoms with Gasteiger partial charge in [-0.05, 0) is 20.8 Å². The molecule has 0 rings (SSSR count). The summed E-state index contributed by atoms with van der Waals surface area (Å²) >= 11 is 0. The Labute approximate surface area is 103 Å². The van der Waals surface area contributed by atoms with Gasteiger partial charge in [0.1, 0.15) is 0 Å². The molecular weight excluding hydrogens is 218 g/mol. The largest absolute Gasteiger partial charge is 0.354 e. The van der Waals surface area contributed by atoms with E-state index in [1.54, 1.807) is 6.92 Å². The van der Waals surface area contributed by atoms with Crippen LogP contribution in [-0.2, 0) is 9.59 Å². The number of carbonyl (C=O) groups is 2. The first-order chi connectivity index (χ1) is 7.97. The van der Waals surface area contributed by atoms with E-state index in [9.17, 15) is 9.59 Å². The second kappa shape index (κ2) is 8.59. The number of amides is 2. The summed E-state index contributed by atoms with van der Waals surface area (Å²) in [4.78, 5) is 22.7. The van der Waals surface area contributed by atoms with Crippen LogP contribution in [0.1, 0.15) is 27.2 Å². The maximum absolute atomic E-state index is 11.4. The van der Waals surface area contributed by atoms with Gasteiger partial charge in [-0.15, -0.1) is 6.42 Å². The van der Waals surface area contributed by atoms with Gasteiger partial charge in [0.25, 0.3) is 0 Å². The van der Waals surface area contributed by atoms with Crippen LogP contribution in [0.25, 0.3) is 0 Å². The van der Waals surface area contributed by atoms with E-state index >= 15 is 0 Å². The number of nitrogens with one attached hydrogen (secondary N) is 3. The fraction of sp³-hybridized carbons (Fsp3) is 0.667. The topological polar surface area (TPSA) is 70.2 Å². The zero-order valence-electron chi connectivity index (χ0n) is 10.7. The van der Waals surface area contributed by atoms with Gasteiger partial charge in [-0.1, -0.05) is 5.92 Å². The van der Waals surface area contributed by atoms with E-state index in [1.165, 1.54) is 0 Å². The number of carbonyl (C=O) groups excluding carboxylic acids is 2. The standard InChI is InChI=1S/C12H21N3O2/c1-5-7-14-12(17)10(4)13-8-6-11(16)15-9(2)3/h1,9-10,13H,6-8H2,2-4H3,(H,14,17)(H,15,16). The van der Waals surface area contributed by atoms with Gasteiger partial charge in [-0.2, -0.15) is 0 Å². The molecule has 0 aliphatic carbocycles. The Balaban J connectivity index is 3.70. The third-order valence-corrected chi connectivity index (χ3v) is 2.01. The van der Waals surface area contributed by atoms with E-state index in [2.05, 4.69) is 21.9 Å². The Kier molecular flexibility index (Phi) is 7.82. The Morgan fingerprint density at radius 3 is 2.47 bits per heavy atom. The third-order valence-electron chi connectivity index (χ3n) is 2.01. The normalized spacial score (nSPS) is 11.7. The Hall–Kier alpha value is -1.54. The minimum Gasteiger partial charge on any atom is -0.354 e. The number of terminal acetylenes is 1. The molecule has 0 bridgehead atoms. The predicted molar refractivity (Wildman–Crippen MR) is 67.2 cm³/mol. The maximum atomic E-state index is 11.4. The molecule has 0 spiro atoms. The van der Waals surface area contributed by atoms with Crippen LogP contribution in [0.4, 0.5) is 0 Å². The van der Waals surface area contributed by atoms with Gasteiger partial charge in [0.2, 0.25) is 11.8 Å². The second-order valence-corrected chi connectivity index (χ2v) is 4.07. The van der Waals surface area contributed by atoms with Crippen LogP contribution >= 0.6 is 0 Å². The minimum absolute atomic E-state index is 0.0243. The fourth-order valence-corrected chi connectivity index (χ4v) is 1.18. The molecule has 5 nitrogen and oxygen atoms in total. The van der Waals surface area contributed by atoms with Crippen LogP contribution in [0.2, 0.25) is 0 Å². The van der Waals surface area contributed by atoms with Crippen LogP contribution in [0.15, 0.2) is 0 Å². The maximum Gasteiger partial charge on any atom is 0.237 e. The summed E-state index contributed by atoms with van der Waals surface area (Å²) in [6.07, 6.45) is 5.38. The molecule has 0 heterocycles. The molecule has 0 aromatic heterocycles. The lowest BCUT2D eigenvalue weighted by atomic mass is 10.3. The average Bonchev–Trinajstić information content (AvgIpc) is 2.24. The number of hydrogen-bond donors (Lipinski definition) is 3. The molecule has 0 saturated carbocycles. The van der Waals surface area contributed by atoms with Crippen molar-refractivity contribution in [2.24, 2.45) is 0 Å². The van der Waals surface area contributed by atoms with Gasteiger partial charge < -0.3 is 16.0 Å². The van der Waals surface area contributed by atoms with E-state index in [-0.39, 0.29) is 30.4 Å². The highest BCUT2D eigenvalue weighted by atomic mass is 16.2. The highest BCUT2D eigenvalue weighted by Crippen LogP contribution is 1.86. The summed E-state index contributed by atoms with van der Waals surface area (Å²) in [6, 6.07) is -0.214. The van der Waals surface area contributed by atoms with Crippen LogP contribution in [0.5, 0.6) is 0 Å². The van der Waals surface area contributed by atoms with Crippen molar-refractivity contribution in [3.63, 3.8) is 0 Å². The molecule has 1 atom stereocenters. The van der Waals surface area contributed by atoms with Crippen molar-refractivity contribution in [2.75, 3.05) is 13.1 Å². The summed E-state index contributed by atoms with van der Waals surface area (Å²) in [6.45, 7) is 6.22. The summed E-state index contributed by atoms with van der Waals surface area (Å²) in [5, 5.41) is 8.29. The van der Waals surface area contributed by atoms with Gasteiger partial charge in [-0.3, -0.25) is 9.59 Å². The van der Waals surface area contributed by atoms with Crippen LogP contribution < -0.4 is 16.0 Å². The summed E-state index contributed by atoms with van der Waals surface area (Å²) in [7, 11) is 0. The summed E-state index contributed by atoms with van der Waals surface area (Å²) in [5.74, 6) is 2.14. The molecule has 2 amide bonds. The minimum atomic E-state index is -0.352. The van der Waals surface area contributed by atoms with Crippen molar-refractivity contribution in [3.05, 3.63) is 0 Å². The van der Waals surface area contributed by atoms with Gasteiger partial charge >= 0.3 is 0 Å². The van der Waals surface area contributed by atoms with Crippen LogP contribution in [0.3, 0.4) is 0 Å². The van der Waals surface area contributed by atoms with Crippen molar-refractivity contribution in [1.29, 1.82) is 0 Å². The average molecular weight is 239 g/mol. The first kappa shape index (κ1) is 15.5. The molecule has 0 fully saturated rings. The fourth-order valence-electron chi connectivity index (χ4n) is 1.18. The smallest absolute Gasteiger partial charge is 0.237 e. The van der Waals surface area contributed by atoms with E-state index in [4.69, 9.17) is 6.42 Å². The molecule has 0 radical (unpaired) electrons. The molecule has 0 aliphatic heterocycles. The van der Waals surface area contributed by atoms with Crippen molar-refractivity contribution in [3.8, 4) is 12.3 Å². The van der Waals surface area contributed by atoms with Gasteiger partial charge in [0, 0.05) is 19.0 Å². The van der Waals surface area contributed by atoms with E-state index in [0.29, 0.717) is 13.0 Å². The lowest BCUT2D eigenvalue weighted by Gasteiger charge is -2.13. The van der Waals surface area contributed by atoms with Crippen molar-refractivity contribution < 1.29 is 9.59 Å². The molecule has 17 heavy (non-hydrogen) atoms. The van der Waals surface area contributed by atoms with Gasteiger partial charge in [0.15, 0.2) is 0 Å². The lowest BCUT2D eigenvalue weighted by Crippen LogP contribution is -2.43. The zero-order chi connectivity index (χ0) is 13.3. The molecule has 0 aromatic carbocycles. The second-order valence-electron chi connectivity index (χ2n) is 4.07. The molecule has 0 aliphatic rings. The van der Waals surface area contributed by atoms with Crippen molar-refractivity contribution in [1.82, 2.24) is 16.0 Å². The summed E-state index contributed by atoms with van der Waals surface area (Å²) < 4.78 is 0. The van der Waals surface area contributed by atoms with Crippen LogP contribution in [-0.4, -0.2) is 37.0 Å². The number of hydrogen-bond acceptors (Lipinski definition) is 3. The Bertz CT molecular complexity index is 295. The van der Waals surface area contributed by atoms with Crippen molar-refractivity contribution >= 4 is 11.8 Å². The van der Waals surface area contributed by atoms with Gasteiger partial charge in [0.05, 0.1) is 12.6 Å². The molecule has 5 heteroatoms. The third kappa shape index (κ3) is 8.29. The molecule has 0 saturated heterocycles. The highest BCUT2D eigenvalue weighted by Gasteiger charge is 2.11. The Morgan fingerprint density at radius 2 is 1.94 bits per heavy atom. The Morgan fingerprint density at radius 1 is 1.29 bits per heavy atom. The molecular formula is C12H21N3O2. The summed E-state index contributed by atoms with van der Waals surface area (Å²) in [5.41, 5.74) is 0. The van der Waals surface area contributed by atoms with Crippen molar-refractivity contribution in [2.45, 2.75) is 39.3 Å². The van der Waals surface area contributed by atoms with E-state index < -0.39 is 0 Å². The monoisotopic (exact) mass is 239 g/mol. The van der Waals surface area contributed by atoms with Gasteiger partial charge in [-0.25, -0.2) is 0 Å². The molecule has 3 N–H and O–H groups in total. The highest BCUT2D eigenvalue weighted by molar-refractivity contribution is 5.81. The SMILES string of the molecule is C#CCNC(=O)C(C)NCCC(=O)NC(C)C. The first-order valence-electron chi connectivity index (χ1n) is 5.71. The van der Waals surface area contributed by atoms with E-state index in [0.717, 1.165) is 0 Å². The molecule has 1 unspecified atom stereocenters. The first-order valence-corrected chi connectivity index (χ1v) is 5.71. The lowest BCUT2D eigenvalue weighted by molar-refractivity contribution is -0.124. The molecule has 96 valence electrons. The van der Waals surface area contributed by atoms with E-state index in [1.807, 2.05) is 13.8 Å². The number of rotatable bonds is 7. The zero-order valence-corrected chi connectivity index (χ0v) is 10.7. The quantitative estimate of drug-likeness (QED) is 0.531. The van der Waals surface area contributed by atoms with Crippen LogP contribution in [0, 0.1) is 12.3 Å². The molecule has 0 aromatic rings.